The number of hydrogen-bond donors (Lipinski definition) is 0. The van der Waals surface area contributed by atoms with Crippen molar-refractivity contribution in [1.29, 1.82) is 5.26 Å². The van der Waals surface area contributed by atoms with Crippen molar-refractivity contribution in [2.45, 2.75) is 19.0 Å². The number of nitriles is 1. The first-order valence-electron chi connectivity index (χ1n) is 6.81. The molecule has 7 heteroatoms. The summed E-state index contributed by atoms with van der Waals surface area (Å²) in [5, 5.41) is 8.91. The molecule has 0 saturated carbocycles. The van der Waals surface area contributed by atoms with Crippen molar-refractivity contribution in [2.75, 3.05) is 25.1 Å². The normalized spacial score (nSPS) is 18.7. The Labute approximate surface area is 126 Å². The van der Waals surface area contributed by atoms with Crippen molar-refractivity contribution in [3.63, 3.8) is 0 Å². The zero-order valence-electron chi connectivity index (χ0n) is 12.0. The molecule has 1 aliphatic heterocycles. The fourth-order valence-corrected chi connectivity index (χ4v) is 2.66. The predicted molar refractivity (Wildman–Crippen MR) is 73.1 cm³/mol. The molecule has 1 heterocycles. The average molecular weight is 312 g/mol. The Morgan fingerprint density at radius 1 is 1.45 bits per heavy atom. The summed E-state index contributed by atoms with van der Waals surface area (Å²) in [6.07, 6.45) is -3.34. The minimum atomic E-state index is -4.51. The van der Waals surface area contributed by atoms with Gasteiger partial charge in [0.2, 0.25) is 0 Å². The third kappa shape index (κ3) is 3.32. The van der Waals surface area contributed by atoms with Gasteiger partial charge in [0, 0.05) is 13.1 Å². The number of carbonyl (C=O) groups is 1. The molecule has 1 aromatic carbocycles. The summed E-state index contributed by atoms with van der Waals surface area (Å²) in [7, 11) is 1.26. The van der Waals surface area contributed by atoms with Crippen LogP contribution in [0.15, 0.2) is 18.2 Å². The van der Waals surface area contributed by atoms with E-state index in [2.05, 4.69) is 4.74 Å². The van der Waals surface area contributed by atoms with Gasteiger partial charge >= 0.3 is 12.1 Å². The molecule has 1 aliphatic rings. The minimum absolute atomic E-state index is 0.0554. The molecular formula is C15H15F3N2O2. The number of esters is 1. The first-order valence-corrected chi connectivity index (χ1v) is 6.81. The zero-order chi connectivity index (χ0) is 16.3. The monoisotopic (exact) mass is 312 g/mol. The van der Waals surface area contributed by atoms with Crippen LogP contribution in [-0.2, 0) is 15.7 Å². The Morgan fingerprint density at radius 2 is 2.18 bits per heavy atom. The summed E-state index contributed by atoms with van der Waals surface area (Å²) >= 11 is 0. The average Bonchev–Trinajstić information content (AvgIpc) is 2.52. The third-order valence-corrected chi connectivity index (χ3v) is 3.73. The zero-order valence-corrected chi connectivity index (χ0v) is 12.0. The van der Waals surface area contributed by atoms with Gasteiger partial charge in [0.05, 0.1) is 35.9 Å². The van der Waals surface area contributed by atoms with E-state index in [9.17, 15) is 18.0 Å². The van der Waals surface area contributed by atoms with Crippen LogP contribution in [0, 0.1) is 17.2 Å². The molecule has 1 fully saturated rings. The van der Waals surface area contributed by atoms with Crippen LogP contribution in [-0.4, -0.2) is 26.2 Å². The number of anilines is 1. The molecular weight excluding hydrogens is 297 g/mol. The Morgan fingerprint density at radius 3 is 2.77 bits per heavy atom. The number of carbonyl (C=O) groups excluding carboxylic acids is 1. The van der Waals surface area contributed by atoms with Crippen molar-refractivity contribution < 1.29 is 22.7 Å². The second-order valence-corrected chi connectivity index (χ2v) is 5.15. The van der Waals surface area contributed by atoms with Crippen LogP contribution in [0.3, 0.4) is 0 Å². The van der Waals surface area contributed by atoms with Crippen LogP contribution in [0.2, 0.25) is 0 Å². The highest BCUT2D eigenvalue weighted by Gasteiger charge is 2.36. The fraction of sp³-hybridized carbons (Fsp3) is 0.467. The summed E-state index contributed by atoms with van der Waals surface area (Å²) in [6.45, 7) is 0.566. The maximum Gasteiger partial charge on any atom is 0.418 e. The number of benzene rings is 1. The van der Waals surface area contributed by atoms with E-state index in [1.807, 2.05) is 6.07 Å². The summed E-state index contributed by atoms with van der Waals surface area (Å²) < 4.78 is 44.2. The highest BCUT2D eigenvalue weighted by Crippen LogP contribution is 2.38. The third-order valence-electron chi connectivity index (χ3n) is 3.73. The maximum atomic E-state index is 13.2. The Hall–Kier alpha value is -2.23. The molecule has 1 aromatic rings. The lowest BCUT2D eigenvalue weighted by atomic mass is 9.96. The van der Waals surface area contributed by atoms with Crippen molar-refractivity contribution in [1.82, 2.24) is 0 Å². The Balaban J connectivity index is 2.38. The molecule has 118 valence electrons. The van der Waals surface area contributed by atoms with Gasteiger partial charge in [0.15, 0.2) is 0 Å². The van der Waals surface area contributed by atoms with Gasteiger partial charge in [-0.2, -0.15) is 18.4 Å². The van der Waals surface area contributed by atoms with Crippen LogP contribution >= 0.6 is 0 Å². The molecule has 22 heavy (non-hydrogen) atoms. The highest BCUT2D eigenvalue weighted by molar-refractivity contribution is 5.74. The predicted octanol–water partition coefficient (Wildman–Crippen LogP) is 2.97. The number of rotatable bonds is 2. The van der Waals surface area contributed by atoms with Crippen molar-refractivity contribution >= 4 is 11.7 Å². The van der Waals surface area contributed by atoms with E-state index >= 15 is 0 Å². The van der Waals surface area contributed by atoms with Gasteiger partial charge in [0.1, 0.15) is 0 Å². The van der Waals surface area contributed by atoms with Gasteiger partial charge in [-0.25, -0.2) is 0 Å². The van der Waals surface area contributed by atoms with Crippen LogP contribution < -0.4 is 4.90 Å². The van der Waals surface area contributed by atoms with E-state index in [4.69, 9.17) is 5.26 Å². The quantitative estimate of drug-likeness (QED) is 0.788. The number of methoxy groups -OCH3 is 1. The lowest BCUT2D eigenvalue weighted by Gasteiger charge is -2.34. The molecule has 0 N–H and O–H groups in total. The van der Waals surface area contributed by atoms with Crippen molar-refractivity contribution in [2.24, 2.45) is 5.92 Å². The topological polar surface area (TPSA) is 53.3 Å². The van der Waals surface area contributed by atoms with Gasteiger partial charge in [-0.3, -0.25) is 4.79 Å². The van der Waals surface area contributed by atoms with E-state index in [0.717, 1.165) is 12.1 Å². The largest absolute Gasteiger partial charge is 0.469 e. The van der Waals surface area contributed by atoms with Crippen LogP contribution in [0.4, 0.5) is 18.9 Å². The molecule has 4 nitrogen and oxygen atoms in total. The molecule has 1 saturated heterocycles. The van der Waals surface area contributed by atoms with E-state index in [1.54, 1.807) is 0 Å². The molecule has 0 radical (unpaired) electrons. The molecule has 0 aliphatic carbocycles. The number of piperidine rings is 1. The van der Waals surface area contributed by atoms with Gasteiger partial charge in [-0.1, -0.05) is 0 Å². The molecule has 2 rings (SSSR count). The van der Waals surface area contributed by atoms with Gasteiger partial charge in [0.25, 0.3) is 0 Å². The lowest BCUT2D eigenvalue weighted by Crippen LogP contribution is -2.40. The Kier molecular flexibility index (Phi) is 4.59. The molecule has 0 bridgehead atoms. The highest BCUT2D eigenvalue weighted by atomic mass is 19.4. The van der Waals surface area contributed by atoms with E-state index in [-0.39, 0.29) is 17.8 Å². The molecule has 0 aromatic heterocycles. The molecule has 0 unspecified atom stereocenters. The van der Waals surface area contributed by atoms with E-state index in [0.29, 0.717) is 19.4 Å². The number of ether oxygens (including phenoxy) is 1. The smallest absolute Gasteiger partial charge is 0.418 e. The number of hydrogen-bond acceptors (Lipinski definition) is 4. The number of halogens is 3. The Bertz CT molecular complexity index is 608. The van der Waals surface area contributed by atoms with Crippen LogP contribution in [0.5, 0.6) is 0 Å². The minimum Gasteiger partial charge on any atom is -0.469 e. The summed E-state index contributed by atoms with van der Waals surface area (Å²) in [4.78, 5) is 13.1. The second kappa shape index (κ2) is 6.26. The van der Waals surface area contributed by atoms with Gasteiger partial charge < -0.3 is 9.64 Å². The SMILES string of the molecule is COC(=O)[C@H]1CCCN(c2cc(C#N)ccc2C(F)(F)F)C1. The fourth-order valence-electron chi connectivity index (χ4n) is 2.66. The van der Waals surface area contributed by atoms with Crippen molar-refractivity contribution in [3.05, 3.63) is 29.3 Å². The first kappa shape index (κ1) is 16.1. The van der Waals surface area contributed by atoms with Gasteiger partial charge in [-0.05, 0) is 31.0 Å². The van der Waals surface area contributed by atoms with E-state index < -0.39 is 23.6 Å². The standard InChI is InChI=1S/C15H15F3N2O2/c1-22-14(21)11-3-2-6-20(9-11)13-7-10(8-19)4-5-12(13)15(16,17)18/h4-5,7,11H,2-3,6,9H2,1H3/t11-/m0/s1. The molecule has 0 amide bonds. The number of nitrogens with zero attached hydrogens (tertiary/aromatic N) is 2. The van der Waals surface area contributed by atoms with Crippen LogP contribution in [0.25, 0.3) is 0 Å². The van der Waals surface area contributed by atoms with Crippen molar-refractivity contribution in [3.8, 4) is 6.07 Å². The summed E-state index contributed by atoms with van der Waals surface area (Å²) in [6, 6.07) is 5.13. The maximum absolute atomic E-state index is 13.2. The summed E-state index contributed by atoms with van der Waals surface area (Å²) in [5.41, 5.74) is -0.694. The molecule has 1 atom stereocenters. The second-order valence-electron chi connectivity index (χ2n) is 5.15. The number of alkyl halides is 3. The van der Waals surface area contributed by atoms with Gasteiger partial charge in [-0.15, -0.1) is 0 Å². The molecule has 0 spiro atoms. The first-order chi connectivity index (χ1) is 10.4. The lowest BCUT2D eigenvalue weighted by molar-refractivity contribution is -0.145. The van der Waals surface area contributed by atoms with Crippen LogP contribution in [0.1, 0.15) is 24.0 Å². The van der Waals surface area contributed by atoms with E-state index in [1.165, 1.54) is 18.1 Å². The summed E-state index contributed by atoms with van der Waals surface area (Å²) in [5.74, 6) is -0.875.